The van der Waals surface area contributed by atoms with E-state index < -0.39 is 0 Å². The molecule has 2 aromatic rings. The molecule has 24 heavy (non-hydrogen) atoms. The van der Waals surface area contributed by atoms with Crippen molar-refractivity contribution < 1.29 is 9.21 Å². The number of hydrogen-bond acceptors (Lipinski definition) is 4. The number of hydrogen-bond donors (Lipinski definition) is 0. The van der Waals surface area contributed by atoms with Crippen molar-refractivity contribution in [3.05, 3.63) is 53.2 Å². The van der Waals surface area contributed by atoms with Crippen molar-refractivity contribution in [1.29, 1.82) is 5.26 Å². The molecule has 1 aliphatic heterocycles. The van der Waals surface area contributed by atoms with E-state index in [1.807, 2.05) is 18.2 Å². The lowest BCUT2D eigenvalue weighted by Crippen LogP contribution is -2.35. The third kappa shape index (κ3) is 3.48. The van der Waals surface area contributed by atoms with E-state index in [9.17, 15) is 4.79 Å². The SMILES string of the molecule is Cc1oc(CCCc2ccccc2)nc1C(=O)N1CCC[C@H]1C#N. The van der Waals surface area contributed by atoms with Crippen LogP contribution in [0, 0.1) is 18.3 Å². The number of rotatable bonds is 5. The van der Waals surface area contributed by atoms with E-state index in [0.717, 1.165) is 25.7 Å². The molecule has 0 bridgehead atoms. The zero-order chi connectivity index (χ0) is 16.9. The number of nitriles is 1. The number of oxazole rings is 1. The average molecular weight is 323 g/mol. The Hall–Kier alpha value is -2.61. The molecule has 0 unspecified atom stereocenters. The predicted octanol–water partition coefficient (Wildman–Crippen LogP) is 3.29. The maximum Gasteiger partial charge on any atom is 0.277 e. The highest BCUT2D eigenvalue weighted by atomic mass is 16.4. The maximum absolute atomic E-state index is 12.6. The zero-order valence-electron chi connectivity index (χ0n) is 13.9. The molecule has 1 aromatic heterocycles. The first-order chi connectivity index (χ1) is 11.7. The third-order valence-electron chi connectivity index (χ3n) is 4.41. The number of likely N-dealkylation sites (tertiary alicyclic amines) is 1. The van der Waals surface area contributed by atoms with Crippen LogP contribution in [0.2, 0.25) is 0 Å². The summed E-state index contributed by atoms with van der Waals surface area (Å²) in [7, 11) is 0. The lowest BCUT2D eigenvalue weighted by molar-refractivity contribution is 0.0758. The van der Waals surface area contributed by atoms with Gasteiger partial charge >= 0.3 is 0 Å². The number of aryl methyl sites for hydroxylation is 3. The van der Waals surface area contributed by atoms with Crippen LogP contribution in [-0.4, -0.2) is 28.4 Å². The van der Waals surface area contributed by atoms with Crippen LogP contribution in [0.1, 0.15) is 47.0 Å². The van der Waals surface area contributed by atoms with Gasteiger partial charge in [0.2, 0.25) is 0 Å². The van der Waals surface area contributed by atoms with Crippen molar-refractivity contribution in [3.63, 3.8) is 0 Å². The van der Waals surface area contributed by atoms with Crippen molar-refractivity contribution >= 4 is 5.91 Å². The molecule has 1 atom stereocenters. The summed E-state index contributed by atoms with van der Waals surface area (Å²) in [6, 6.07) is 12.1. The fourth-order valence-electron chi connectivity index (χ4n) is 3.13. The summed E-state index contributed by atoms with van der Waals surface area (Å²) in [5, 5.41) is 9.14. The second-order valence-electron chi connectivity index (χ2n) is 6.14. The lowest BCUT2D eigenvalue weighted by Gasteiger charge is -2.17. The maximum atomic E-state index is 12.6. The Bertz CT molecular complexity index is 746. The minimum atomic E-state index is -0.338. The summed E-state index contributed by atoms with van der Waals surface area (Å²) >= 11 is 0. The highest BCUT2D eigenvalue weighted by Gasteiger charge is 2.32. The molecule has 1 amide bonds. The Labute approximate surface area is 141 Å². The minimum Gasteiger partial charge on any atom is -0.445 e. The Balaban J connectivity index is 1.62. The van der Waals surface area contributed by atoms with Crippen LogP contribution >= 0.6 is 0 Å². The molecule has 1 aromatic carbocycles. The van der Waals surface area contributed by atoms with Crippen LogP contribution in [0.5, 0.6) is 0 Å². The average Bonchev–Trinajstić information content (AvgIpc) is 3.21. The van der Waals surface area contributed by atoms with Gasteiger partial charge < -0.3 is 9.32 Å². The molecular formula is C19H21N3O2. The first kappa shape index (κ1) is 16.3. The van der Waals surface area contributed by atoms with Crippen LogP contribution in [0.3, 0.4) is 0 Å². The summed E-state index contributed by atoms with van der Waals surface area (Å²) in [4.78, 5) is 18.6. The van der Waals surface area contributed by atoms with Gasteiger partial charge in [-0.15, -0.1) is 0 Å². The van der Waals surface area contributed by atoms with Gasteiger partial charge in [-0.25, -0.2) is 4.98 Å². The van der Waals surface area contributed by atoms with Crippen molar-refractivity contribution in [3.8, 4) is 6.07 Å². The van der Waals surface area contributed by atoms with E-state index in [1.165, 1.54) is 5.56 Å². The van der Waals surface area contributed by atoms with E-state index in [-0.39, 0.29) is 11.9 Å². The largest absolute Gasteiger partial charge is 0.445 e. The molecule has 5 nitrogen and oxygen atoms in total. The molecule has 0 N–H and O–H groups in total. The molecular weight excluding hydrogens is 302 g/mol. The van der Waals surface area contributed by atoms with Crippen molar-refractivity contribution in [2.45, 2.75) is 45.1 Å². The van der Waals surface area contributed by atoms with E-state index in [0.29, 0.717) is 30.3 Å². The van der Waals surface area contributed by atoms with Gasteiger partial charge in [0.25, 0.3) is 5.91 Å². The third-order valence-corrected chi connectivity index (χ3v) is 4.41. The van der Waals surface area contributed by atoms with Crippen molar-refractivity contribution in [2.75, 3.05) is 6.54 Å². The number of carbonyl (C=O) groups excluding carboxylic acids is 1. The molecule has 0 aliphatic carbocycles. The number of carbonyl (C=O) groups is 1. The molecule has 1 fully saturated rings. The van der Waals surface area contributed by atoms with Crippen LogP contribution in [0.4, 0.5) is 0 Å². The van der Waals surface area contributed by atoms with Crippen LogP contribution in [0.15, 0.2) is 34.7 Å². The number of nitrogens with zero attached hydrogens (tertiary/aromatic N) is 3. The summed E-state index contributed by atoms with van der Waals surface area (Å²) in [5.41, 5.74) is 1.64. The predicted molar refractivity (Wildman–Crippen MR) is 89.4 cm³/mol. The van der Waals surface area contributed by atoms with Gasteiger partial charge in [-0.05, 0) is 38.2 Å². The highest BCUT2D eigenvalue weighted by Crippen LogP contribution is 2.21. The normalized spacial score (nSPS) is 17.0. The van der Waals surface area contributed by atoms with Gasteiger partial charge in [-0.2, -0.15) is 5.26 Å². The summed E-state index contributed by atoms with van der Waals surface area (Å²) in [6.45, 7) is 2.38. The summed E-state index contributed by atoms with van der Waals surface area (Å²) in [5.74, 6) is 0.951. The molecule has 1 saturated heterocycles. The zero-order valence-corrected chi connectivity index (χ0v) is 13.9. The first-order valence-corrected chi connectivity index (χ1v) is 8.40. The fraction of sp³-hybridized carbons (Fsp3) is 0.421. The number of benzene rings is 1. The molecule has 0 spiro atoms. The van der Waals surface area contributed by atoms with E-state index in [1.54, 1.807) is 11.8 Å². The van der Waals surface area contributed by atoms with Crippen molar-refractivity contribution in [2.24, 2.45) is 0 Å². The second kappa shape index (κ2) is 7.31. The van der Waals surface area contributed by atoms with Crippen LogP contribution in [-0.2, 0) is 12.8 Å². The van der Waals surface area contributed by atoms with E-state index >= 15 is 0 Å². The molecule has 2 heterocycles. The molecule has 0 radical (unpaired) electrons. The molecule has 124 valence electrons. The molecule has 0 saturated carbocycles. The number of amides is 1. The van der Waals surface area contributed by atoms with Crippen LogP contribution in [0.25, 0.3) is 0 Å². The van der Waals surface area contributed by atoms with Gasteiger partial charge in [0.15, 0.2) is 11.6 Å². The molecule has 5 heteroatoms. The second-order valence-corrected chi connectivity index (χ2v) is 6.14. The Morgan fingerprint density at radius 3 is 2.92 bits per heavy atom. The monoisotopic (exact) mass is 323 g/mol. The van der Waals surface area contributed by atoms with E-state index in [4.69, 9.17) is 9.68 Å². The number of aromatic nitrogens is 1. The van der Waals surface area contributed by atoms with Gasteiger partial charge in [-0.1, -0.05) is 30.3 Å². The Kier molecular flexibility index (Phi) is 4.95. The van der Waals surface area contributed by atoms with Gasteiger partial charge in [0.1, 0.15) is 11.8 Å². The fourth-order valence-corrected chi connectivity index (χ4v) is 3.13. The topological polar surface area (TPSA) is 70.1 Å². The Morgan fingerprint density at radius 1 is 1.38 bits per heavy atom. The minimum absolute atomic E-state index is 0.186. The van der Waals surface area contributed by atoms with E-state index in [2.05, 4.69) is 23.2 Å². The van der Waals surface area contributed by atoms with Gasteiger partial charge in [0, 0.05) is 13.0 Å². The van der Waals surface area contributed by atoms with Crippen LogP contribution < -0.4 is 0 Å². The Morgan fingerprint density at radius 2 is 2.17 bits per heavy atom. The molecule has 3 rings (SSSR count). The molecule has 1 aliphatic rings. The smallest absolute Gasteiger partial charge is 0.277 e. The van der Waals surface area contributed by atoms with Crippen molar-refractivity contribution in [1.82, 2.24) is 9.88 Å². The quantitative estimate of drug-likeness (QED) is 0.846. The van der Waals surface area contributed by atoms with Gasteiger partial charge in [0.05, 0.1) is 6.07 Å². The standard InChI is InChI=1S/C19H21N3O2/c1-14-18(19(23)22-12-6-10-16(22)13-20)21-17(24-14)11-5-9-15-7-3-2-4-8-15/h2-4,7-8,16H,5-6,9-12H2,1H3/t16-/m0/s1. The summed E-state index contributed by atoms with van der Waals surface area (Å²) in [6.07, 6.45) is 4.18. The first-order valence-electron chi connectivity index (χ1n) is 8.40. The van der Waals surface area contributed by atoms with Gasteiger partial charge in [-0.3, -0.25) is 4.79 Å². The summed E-state index contributed by atoms with van der Waals surface area (Å²) < 4.78 is 5.66. The lowest BCUT2D eigenvalue weighted by atomic mass is 10.1. The highest BCUT2D eigenvalue weighted by molar-refractivity contribution is 5.93.